The fourth-order valence-electron chi connectivity index (χ4n) is 5.02. The Morgan fingerprint density at radius 3 is 1.79 bits per heavy atom. The van der Waals surface area contributed by atoms with Crippen LogP contribution in [-0.2, 0) is 12.0 Å². The number of rotatable bonds is 7. The molecule has 2 aromatic carbocycles. The van der Waals surface area contributed by atoms with Crippen LogP contribution >= 0.6 is 0 Å². The fourth-order valence-corrected chi connectivity index (χ4v) is 5.02. The molecule has 0 spiro atoms. The third-order valence-corrected chi connectivity index (χ3v) is 8.41. The molecule has 0 bridgehead atoms. The summed E-state index contributed by atoms with van der Waals surface area (Å²) >= 11 is 0. The lowest BCUT2D eigenvalue weighted by Crippen LogP contribution is -2.48. The minimum Gasteiger partial charge on any atom is -0.304 e. The van der Waals surface area contributed by atoms with E-state index in [0.29, 0.717) is 36.1 Å². The van der Waals surface area contributed by atoms with Gasteiger partial charge in [-0.05, 0) is 73.4 Å². The summed E-state index contributed by atoms with van der Waals surface area (Å²) in [6, 6.07) is 11.6. The maximum absolute atomic E-state index is 13.3. The van der Waals surface area contributed by atoms with Gasteiger partial charge in [0.2, 0.25) is 0 Å². The Hall–Kier alpha value is -2.95. The molecular formula is C28H34N2O3. The number of anilines is 1. The standard InChI is InChI=1S/C28H34N2O3/c1-7-27(5,8-2)19-11-13-20(14-12-19)29-17-18-15-22-23(16-21(18)24(29)31)26(33)30(25(22)32)28(6,9-3)10-4/h11-16H,7-10,17H2,1-6H3. The SMILES string of the molecule is CCC(C)(CC)c1ccc(N2Cc3cc4c(cc3C2=O)C(=O)N(C(C)(CC)CC)C4=O)cc1. The average Bonchev–Trinajstić information content (AvgIpc) is 3.30. The number of carbonyl (C=O) groups excluding carboxylic acids is 3. The molecule has 2 heterocycles. The molecule has 33 heavy (non-hydrogen) atoms. The van der Waals surface area contributed by atoms with E-state index in [4.69, 9.17) is 0 Å². The highest BCUT2D eigenvalue weighted by atomic mass is 16.2. The molecule has 3 amide bonds. The van der Waals surface area contributed by atoms with Gasteiger partial charge >= 0.3 is 0 Å². The summed E-state index contributed by atoms with van der Waals surface area (Å²) < 4.78 is 0. The first kappa shape index (κ1) is 23.2. The van der Waals surface area contributed by atoms with E-state index >= 15 is 0 Å². The van der Waals surface area contributed by atoms with E-state index in [2.05, 4.69) is 32.9 Å². The Morgan fingerprint density at radius 2 is 1.27 bits per heavy atom. The third-order valence-electron chi connectivity index (χ3n) is 8.41. The van der Waals surface area contributed by atoms with Gasteiger partial charge in [-0.1, -0.05) is 46.8 Å². The highest BCUT2D eigenvalue weighted by molar-refractivity contribution is 6.23. The van der Waals surface area contributed by atoms with E-state index in [9.17, 15) is 14.4 Å². The maximum Gasteiger partial charge on any atom is 0.262 e. The van der Waals surface area contributed by atoms with Gasteiger partial charge in [-0.15, -0.1) is 0 Å². The molecule has 0 fully saturated rings. The molecule has 2 aromatic rings. The van der Waals surface area contributed by atoms with Crippen LogP contribution in [0.5, 0.6) is 0 Å². The first-order valence-electron chi connectivity index (χ1n) is 12.1. The minimum absolute atomic E-state index is 0.120. The lowest BCUT2D eigenvalue weighted by molar-refractivity contribution is 0.0434. The molecule has 0 aliphatic carbocycles. The number of fused-ring (bicyclic) bond motifs is 2. The van der Waals surface area contributed by atoms with Crippen LogP contribution in [-0.4, -0.2) is 28.2 Å². The van der Waals surface area contributed by atoms with Gasteiger partial charge in [0.25, 0.3) is 17.7 Å². The van der Waals surface area contributed by atoms with Crippen molar-refractivity contribution in [1.29, 1.82) is 0 Å². The molecule has 5 heteroatoms. The van der Waals surface area contributed by atoms with Crippen LogP contribution in [0, 0.1) is 0 Å². The zero-order valence-electron chi connectivity index (χ0n) is 20.6. The number of hydrogen-bond acceptors (Lipinski definition) is 3. The van der Waals surface area contributed by atoms with E-state index in [1.165, 1.54) is 10.5 Å². The fraction of sp³-hybridized carbons (Fsp3) is 0.464. The van der Waals surface area contributed by atoms with Crippen molar-refractivity contribution < 1.29 is 14.4 Å². The predicted molar refractivity (Wildman–Crippen MR) is 131 cm³/mol. The molecule has 2 aliphatic heterocycles. The quantitative estimate of drug-likeness (QED) is 0.483. The molecule has 0 N–H and O–H groups in total. The van der Waals surface area contributed by atoms with Gasteiger partial charge in [-0.25, -0.2) is 0 Å². The zero-order valence-corrected chi connectivity index (χ0v) is 20.6. The highest BCUT2D eigenvalue weighted by Gasteiger charge is 2.46. The van der Waals surface area contributed by atoms with E-state index in [0.717, 1.165) is 24.1 Å². The van der Waals surface area contributed by atoms with Crippen LogP contribution in [0.3, 0.4) is 0 Å². The normalized spacial score (nSPS) is 16.0. The van der Waals surface area contributed by atoms with E-state index in [1.54, 1.807) is 17.0 Å². The van der Waals surface area contributed by atoms with Crippen molar-refractivity contribution in [2.24, 2.45) is 0 Å². The summed E-state index contributed by atoms with van der Waals surface area (Å²) in [4.78, 5) is 42.8. The second kappa shape index (κ2) is 8.12. The van der Waals surface area contributed by atoms with E-state index in [1.807, 2.05) is 32.9 Å². The first-order chi connectivity index (χ1) is 15.6. The number of nitrogens with zero attached hydrogens (tertiary/aromatic N) is 2. The zero-order chi connectivity index (χ0) is 24.1. The van der Waals surface area contributed by atoms with Gasteiger partial charge in [0.15, 0.2) is 0 Å². The van der Waals surface area contributed by atoms with Crippen LogP contribution in [0.15, 0.2) is 36.4 Å². The van der Waals surface area contributed by atoms with Crippen LogP contribution < -0.4 is 4.90 Å². The Morgan fingerprint density at radius 1 is 0.727 bits per heavy atom. The predicted octanol–water partition coefficient (Wildman–Crippen LogP) is 6.10. The van der Waals surface area contributed by atoms with Crippen molar-refractivity contribution in [3.05, 3.63) is 64.2 Å². The molecular weight excluding hydrogens is 412 g/mol. The van der Waals surface area contributed by atoms with Gasteiger partial charge in [-0.3, -0.25) is 19.3 Å². The molecule has 0 aromatic heterocycles. The van der Waals surface area contributed by atoms with Crippen molar-refractivity contribution in [2.45, 2.75) is 84.7 Å². The lowest BCUT2D eigenvalue weighted by Gasteiger charge is -2.35. The topological polar surface area (TPSA) is 57.7 Å². The molecule has 5 nitrogen and oxygen atoms in total. The van der Waals surface area contributed by atoms with Crippen LogP contribution in [0.25, 0.3) is 0 Å². The molecule has 0 radical (unpaired) electrons. The Kier molecular flexibility index (Phi) is 5.71. The lowest BCUT2D eigenvalue weighted by atomic mass is 9.78. The molecule has 0 saturated heterocycles. The van der Waals surface area contributed by atoms with Crippen LogP contribution in [0.2, 0.25) is 0 Å². The van der Waals surface area contributed by atoms with Gasteiger partial charge in [-0.2, -0.15) is 0 Å². The average molecular weight is 447 g/mol. The maximum atomic E-state index is 13.3. The molecule has 0 unspecified atom stereocenters. The van der Waals surface area contributed by atoms with Crippen molar-refractivity contribution in [2.75, 3.05) is 4.90 Å². The summed E-state index contributed by atoms with van der Waals surface area (Å²) in [5, 5.41) is 0. The number of carbonyl (C=O) groups is 3. The van der Waals surface area contributed by atoms with Crippen molar-refractivity contribution >= 4 is 23.4 Å². The smallest absolute Gasteiger partial charge is 0.262 e. The molecule has 174 valence electrons. The van der Waals surface area contributed by atoms with Crippen molar-refractivity contribution in [3.8, 4) is 0 Å². The van der Waals surface area contributed by atoms with Gasteiger partial charge in [0, 0.05) is 16.8 Å². The second-order valence-electron chi connectivity index (χ2n) is 9.91. The van der Waals surface area contributed by atoms with Gasteiger partial charge in [0.05, 0.1) is 17.7 Å². The second-order valence-corrected chi connectivity index (χ2v) is 9.91. The highest BCUT2D eigenvalue weighted by Crippen LogP contribution is 2.38. The Bertz CT molecular complexity index is 1120. The van der Waals surface area contributed by atoms with E-state index in [-0.39, 0.29) is 23.1 Å². The molecule has 0 saturated carbocycles. The van der Waals surface area contributed by atoms with Crippen LogP contribution in [0.1, 0.15) is 109 Å². The largest absolute Gasteiger partial charge is 0.304 e. The summed E-state index contributed by atoms with van der Waals surface area (Å²) in [6.45, 7) is 13.0. The number of imide groups is 1. The molecule has 2 aliphatic rings. The monoisotopic (exact) mass is 446 g/mol. The minimum atomic E-state index is -0.527. The number of hydrogen-bond donors (Lipinski definition) is 0. The number of benzene rings is 2. The first-order valence-corrected chi connectivity index (χ1v) is 12.1. The van der Waals surface area contributed by atoms with Gasteiger partial charge < -0.3 is 4.90 Å². The van der Waals surface area contributed by atoms with E-state index < -0.39 is 5.54 Å². The Balaban J connectivity index is 1.65. The van der Waals surface area contributed by atoms with Crippen LogP contribution in [0.4, 0.5) is 5.69 Å². The third kappa shape index (κ3) is 3.40. The summed E-state index contributed by atoms with van der Waals surface area (Å²) in [5.41, 5.74) is 3.77. The summed E-state index contributed by atoms with van der Waals surface area (Å²) in [6.07, 6.45) is 3.48. The molecule has 4 rings (SSSR count). The Labute approximate surface area is 196 Å². The van der Waals surface area contributed by atoms with Crippen molar-refractivity contribution in [3.63, 3.8) is 0 Å². The van der Waals surface area contributed by atoms with Crippen molar-refractivity contribution in [1.82, 2.24) is 4.90 Å². The summed E-state index contributed by atoms with van der Waals surface area (Å²) in [7, 11) is 0. The number of amides is 3. The van der Waals surface area contributed by atoms with Gasteiger partial charge in [0.1, 0.15) is 0 Å². The summed E-state index contributed by atoms with van der Waals surface area (Å²) in [5.74, 6) is -0.669. The molecule has 0 atom stereocenters.